The minimum absolute atomic E-state index is 0.0516. The zero-order valence-corrected chi connectivity index (χ0v) is 13.3. The molecular formula is C14H10ClFN2O4S. The summed E-state index contributed by atoms with van der Waals surface area (Å²) < 4.78 is 46.4. The van der Waals surface area contributed by atoms with Crippen molar-refractivity contribution in [3.63, 3.8) is 0 Å². The highest BCUT2D eigenvalue weighted by molar-refractivity contribution is 7.92. The first-order chi connectivity index (χ1) is 10.8. The van der Waals surface area contributed by atoms with Gasteiger partial charge in [0.05, 0.1) is 16.2 Å². The maximum atomic E-state index is 13.2. The van der Waals surface area contributed by atoms with Crippen LogP contribution in [0.1, 0.15) is 0 Å². The SMILES string of the molecule is Cn1c(=O)oc2cc(S(=O)(=O)Nc3cccc(F)c3)c(Cl)cc21. The molecule has 0 aliphatic rings. The van der Waals surface area contributed by atoms with E-state index in [1.165, 1.54) is 35.9 Å². The number of nitrogens with zero attached hydrogens (tertiary/aromatic N) is 1. The van der Waals surface area contributed by atoms with Crippen molar-refractivity contribution in [3.05, 3.63) is 57.8 Å². The monoisotopic (exact) mass is 356 g/mol. The number of anilines is 1. The Hall–Kier alpha value is -2.32. The summed E-state index contributed by atoms with van der Waals surface area (Å²) in [6, 6.07) is 7.47. The molecule has 120 valence electrons. The van der Waals surface area contributed by atoms with Crippen LogP contribution >= 0.6 is 11.6 Å². The van der Waals surface area contributed by atoms with E-state index in [1.54, 1.807) is 0 Å². The van der Waals surface area contributed by atoms with Gasteiger partial charge in [-0.05, 0) is 24.3 Å². The van der Waals surface area contributed by atoms with Crippen LogP contribution in [0.25, 0.3) is 11.1 Å². The molecular weight excluding hydrogens is 347 g/mol. The van der Waals surface area contributed by atoms with Gasteiger partial charge in [-0.2, -0.15) is 0 Å². The highest BCUT2D eigenvalue weighted by Crippen LogP contribution is 2.28. The smallest absolute Gasteiger partial charge is 0.408 e. The molecule has 6 nitrogen and oxygen atoms in total. The van der Waals surface area contributed by atoms with E-state index in [9.17, 15) is 17.6 Å². The zero-order chi connectivity index (χ0) is 16.8. The lowest BCUT2D eigenvalue weighted by Crippen LogP contribution is -2.13. The lowest BCUT2D eigenvalue weighted by atomic mass is 10.3. The van der Waals surface area contributed by atoms with Crippen LogP contribution in [0, 0.1) is 5.82 Å². The molecule has 1 heterocycles. The average molecular weight is 357 g/mol. The average Bonchev–Trinajstić information content (AvgIpc) is 2.73. The Morgan fingerprint density at radius 1 is 1.26 bits per heavy atom. The van der Waals surface area contributed by atoms with Gasteiger partial charge < -0.3 is 4.42 Å². The molecule has 0 spiro atoms. The van der Waals surface area contributed by atoms with Gasteiger partial charge >= 0.3 is 5.76 Å². The molecule has 0 fully saturated rings. The molecule has 0 amide bonds. The van der Waals surface area contributed by atoms with E-state index < -0.39 is 21.6 Å². The fourth-order valence-corrected chi connectivity index (χ4v) is 3.68. The Balaban J connectivity index is 2.11. The maximum Gasteiger partial charge on any atom is 0.419 e. The molecule has 3 rings (SSSR count). The highest BCUT2D eigenvalue weighted by atomic mass is 35.5. The molecule has 23 heavy (non-hydrogen) atoms. The van der Waals surface area contributed by atoms with Crippen molar-refractivity contribution in [2.45, 2.75) is 4.90 Å². The van der Waals surface area contributed by atoms with Gasteiger partial charge in [0.15, 0.2) is 5.58 Å². The van der Waals surface area contributed by atoms with Gasteiger partial charge in [-0.15, -0.1) is 0 Å². The van der Waals surface area contributed by atoms with Crippen molar-refractivity contribution in [2.24, 2.45) is 7.05 Å². The Kier molecular flexibility index (Phi) is 3.65. The molecule has 2 aromatic carbocycles. The predicted octanol–water partition coefficient (Wildman–Crippen LogP) is 2.72. The standard InChI is InChI=1S/C14H10ClFN2O4S/c1-18-11-6-10(15)13(7-12(11)22-14(18)19)23(20,21)17-9-4-2-3-8(16)5-9/h2-7,17H,1H3. The van der Waals surface area contributed by atoms with E-state index in [1.807, 2.05) is 0 Å². The first-order valence-corrected chi connectivity index (χ1v) is 8.21. The van der Waals surface area contributed by atoms with Crippen molar-refractivity contribution >= 4 is 38.4 Å². The van der Waals surface area contributed by atoms with Crippen LogP contribution in [0.2, 0.25) is 5.02 Å². The zero-order valence-electron chi connectivity index (χ0n) is 11.7. The van der Waals surface area contributed by atoms with E-state index in [0.717, 1.165) is 12.1 Å². The molecule has 0 aliphatic heterocycles. The number of fused-ring (bicyclic) bond motifs is 1. The lowest BCUT2D eigenvalue weighted by Gasteiger charge is -2.09. The summed E-state index contributed by atoms with van der Waals surface area (Å²) in [6.07, 6.45) is 0. The summed E-state index contributed by atoms with van der Waals surface area (Å²) in [5, 5.41) is -0.0854. The number of hydrogen-bond donors (Lipinski definition) is 1. The number of oxazole rings is 1. The van der Waals surface area contributed by atoms with Crippen LogP contribution in [0.4, 0.5) is 10.1 Å². The molecule has 0 radical (unpaired) electrons. The van der Waals surface area contributed by atoms with E-state index in [2.05, 4.69) is 4.72 Å². The molecule has 0 unspecified atom stereocenters. The van der Waals surface area contributed by atoms with E-state index in [4.69, 9.17) is 16.0 Å². The molecule has 9 heteroatoms. The number of hydrogen-bond acceptors (Lipinski definition) is 4. The molecule has 1 aromatic heterocycles. The minimum atomic E-state index is -4.08. The molecule has 0 bridgehead atoms. The molecule has 0 saturated heterocycles. The normalized spacial score (nSPS) is 11.8. The second-order valence-electron chi connectivity index (χ2n) is 4.79. The number of benzene rings is 2. The second kappa shape index (κ2) is 5.39. The number of sulfonamides is 1. The van der Waals surface area contributed by atoms with Gasteiger partial charge in [-0.3, -0.25) is 9.29 Å². The molecule has 0 aliphatic carbocycles. The lowest BCUT2D eigenvalue weighted by molar-refractivity contribution is 0.527. The number of nitrogens with one attached hydrogen (secondary N) is 1. The molecule has 1 N–H and O–H groups in total. The van der Waals surface area contributed by atoms with Crippen molar-refractivity contribution in [3.8, 4) is 0 Å². The van der Waals surface area contributed by atoms with Gasteiger partial charge in [0.1, 0.15) is 10.7 Å². The van der Waals surface area contributed by atoms with Crippen LogP contribution in [-0.4, -0.2) is 13.0 Å². The van der Waals surface area contributed by atoms with E-state index >= 15 is 0 Å². The third-order valence-electron chi connectivity index (χ3n) is 3.21. The Morgan fingerprint density at radius 2 is 2.00 bits per heavy atom. The summed E-state index contributed by atoms with van der Waals surface area (Å²) in [6.45, 7) is 0. The van der Waals surface area contributed by atoms with Crippen LogP contribution in [-0.2, 0) is 17.1 Å². The number of aryl methyl sites for hydroxylation is 1. The number of rotatable bonds is 3. The third kappa shape index (κ3) is 2.82. The Labute approximate surface area is 135 Å². The Bertz CT molecular complexity index is 1070. The summed E-state index contributed by atoms with van der Waals surface area (Å²) in [7, 11) is -2.60. The summed E-state index contributed by atoms with van der Waals surface area (Å²) in [5.74, 6) is -1.22. The second-order valence-corrected chi connectivity index (χ2v) is 6.85. The summed E-state index contributed by atoms with van der Waals surface area (Å²) in [4.78, 5) is 11.2. The topological polar surface area (TPSA) is 81.3 Å². The van der Waals surface area contributed by atoms with Crippen molar-refractivity contribution in [1.82, 2.24) is 4.57 Å². The highest BCUT2D eigenvalue weighted by Gasteiger charge is 2.21. The Morgan fingerprint density at radius 3 is 2.70 bits per heavy atom. The van der Waals surface area contributed by atoms with Gasteiger partial charge in [-0.1, -0.05) is 17.7 Å². The molecule has 3 aromatic rings. The fourth-order valence-electron chi connectivity index (χ4n) is 2.10. The van der Waals surface area contributed by atoms with Crippen LogP contribution in [0.15, 0.2) is 50.5 Å². The van der Waals surface area contributed by atoms with Crippen molar-refractivity contribution in [2.75, 3.05) is 4.72 Å². The van der Waals surface area contributed by atoms with Gasteiger partial charge in [0.25, 0.3) is 10.0 Å². The first-order valence-electron chi connectivity index (χ1n) is 6.35. The van der Waals surface area contributed by atoms with Crippen LogP contribution in [0.3, 0.4) is 0 Å². The summed E-state index contributed by atoms with van der Waals surface area (Å²) >= 11 is 6.02. The van der Waals surface area contributed by atoms with Gasteiger partial charge in [-0.25, -0.2) is 17.6 Å². The van der Waals surface area contributed by atoms with Crippen LogP contribution < -0.4 is 10.5 Å². The van der Waals surface area contributed by atoms with Crippen molar-refractivity contribution < 1.29 is 17.2 Å². The van der Waals surface area contributed by atoms with Crippen molar-refractivity contribution in [1.29, 1.82) is 0 Å². The van der Waals surface area contributed by atoms with Crippen LogP contribution in [0.5, 0.6) is 0 Å². The third-order valence-corrected chi connectivity index (χ3v) is 5.06. The number of aromatic nitrogens is 1. The first kappa shape index (κ1) is 15.6. The fraction of sp³-hybridized carbons (Fsp3) is 0.0714. The van der Waals surface area contributed by atoms with Gasteiger partial charge in [0, 0.05) is 13.1 Å². The van der Waals surface area contributed by atoms with E-state index in [0.29, 0.717) is 5.52 Å². The number of halogens is 2. The van der Waals surface area contributed by atoms with E-state index in [-0.39, 0.29) is 21.2 Å². The largest absolute Gasteiger partial charge is 0.419 e. The predicted molar refractivity (Wildman–Crippen MR) is 83.7 cm³/mol. The minimum Gasteiger partial charge on any atom is -0.408 e. The maximum absolute atomic E-state index is 13.2. The molecule has 0 atom stereocenters. The van der Waals surface area contributed by atoms with Gasteiger partial charge in [0.2, 0.25) is 0 Å². The quantitative estimate of drug-likeness (QED) is 0.782. The molecule has 0 saturated carbocycles. The summed E-state index contributed by atoms with van der Waals surface area (Å²) in [5.41, 5.74) is 0.502.